The van der Waals surface area contributed by atoms with Gasteiger partial charge in [0.25, 0.3) is 0 Å². The number of benzene rings is 2. The fourth-order valence-corrected chi connectivity index (χ4v) is 4.67. The Kier molecular flexibility index (Phi) is 7.53. The molecule has 33 heavy (non-hydrogen) atoms. The molecule has 2 aromatic rings. The molecule has 7 nitrogen and oxygen atoms in total. The minimum atomic E-state index is -0.662. The monoisotopic (exact) mass is 453 g/mol. The van der Waals surface area contributed by atoms with E-state index in [0.29, 0.717) is 43.7 Å². The van der Waals surface area contributed by atoms with Crippen molar-refractivity contribution in [2.75, 3.05) is 39.3 Å². The molecule has 0 aromatic heterocycles. The predicted octanol–water partition coefficient (Wildman–Crippen LogP) is 2.23. The Bertz CT molecular complexity index is 925. The third-order valence-electron chi connectivity index (χ3n) is 6.39. The topological polar surface area (TPSA) is 88.3 Å². The number of carbonyl (C=O) groups excluding carboxylic acids is 1. The Balaban J connectivity index is 1.31. The third kappa shape index (κ3) is 5.85. The molecule has 0 saturated carbocycles. The van der Waals surface area contributed by atoms with Gasteiger partial charge in [0.05, 0.1) is 0 Å². The van der Waals surface area contributed by atoms with Crippen LogP contribution in [0.25, 0.3) is 0 Å². The second-order valence-corrected chi connectivity index (χ2v) is 9.46. The average molecular weight is 454 g/mol. The number of para-hydroxylation sites is 2. The lowest BCUT2D eigenvalue weighted by atomic mass is 9.98. The number of nitrogens with zero attached hydrogens (tertiary/aromatic N) is 2. The van der Waals surface area contributed by atoms with E-state index in [-0.39, 0.29) is 5.91 Å². The Labute approximate surface area is 196 Å². The zero-order valence-electron chi connectivity index (χ0n) is 19.5. The maximum Gasteiger partial charge on any atom is 0.239 e. The van der Waals surface area contributed by atoms with E-state index in [1.807, 2.05) is 36.4 Å². The second kappa shape index (κ2) is 10.5. The fraction of sp³-hybridized carbons (Fsp3) is 0.500. The lowest BCUT2D eigenvalue weighted by Gasteiger charge is -2.40. The number of carbonyl (C=O) groups is 1. The van der Waals surface area contributed by atoms with E-state index in [4.69, 9.17) is 15.2 Å². The summed E-state index contributed by atoms with van der Waals surface area (Å²) in [5.41, 5.74) is 8.02. The minimum Gasteiger partial charge on any atom is -0.486 e. The Morgan fingerprint density at radius 3 is 2.36 bits per heavy atom. The number of hydrogen-bond donors (Lipinski definition) is 2. The lowest BCUT2D eigenvalue weighted by molar-refractivity contribution is -0.124. The summed E-state index contributed by atoms with van der Waals surface area (Å²) < 4.78 is 11.7. The Morgan fingerprint density at radius 1 is 1.06 bits per heavy atom. The number of nitrogens with two attached hydrogens (primary N) is 1. The lowest BCUT2D eigenvalue weighted by Crippen LogP contribution is -2.54. The summed E-state index contributed by atoms with van der Waals surface area (Å²) in [5.74, 6) is 1.64. The summed E-state index contributed by atoms with van der Waals surface area (Å²) in [5, 5.41) is 10.7. The van der Waals surface area contributed by atoms with Crippen LogP contribution >= 0.6 is 0 Å². The van der Waals surface area contributed by atoms with Gasteiger partial charge in [0.1, 0.15) is 18.8 Å². The molecule has 3 unspecified atom stereocenters. The van der Waals surface area contributed by atoms with E-state index in [1.54, 1.807) is 0 Å². The van der Waals surface area contributed by atoms with Crippen LogP contribution in [0.2, 0.25) is 0 Å². The van der Waals surface area contributed by atoms with Gasteiger partial charge in [-0.25, -0.2) is 0 Å². The molecule has 0 radical (unpaired) electrons. The Morgan fingerprint density at radius 2 is 1.73 bits per heavy atom. The first-order chi connectivity index (χ1) is 15.9. The standard InChI is InChI=1S/C26H35N3O4/c1-18(2)15-19-7-9-20(10-8-19)25(26(27)31)29-13-11-28(12-14-29)16-21(30)24-17-32-22-5-3-4-6-23(22)33-24/h3-10,18,21,24-25,30H,11-17H2,1-2H3,(H2,27,31). The van der Waals surface area contributed by atoms with Crippen molar-refractivity contribution in [2.24, 2.45) is 11.7 Å². The van der Waals surface area contributed by atoms with Gasteiger partial charge < -0.3 is 20.3 Å². The number of β-amino-alcohol motifs (C(OH)–C–C–N with tert-alkyl or cyclic N) is 1. The first kappa shape index (κ1) is 23.5. The molecule has 0 aliphatic carbocycles. The smallest absolute Gasteiger partial charge is 0.239 e. The van der Waals surface area contributed by atoms with Crippen LogP contribution in [0.5, 0.6) is 11.5 Å². The zero-order valence-corrected chi connectivity index (χ0v) is 19.5. The first-order valence-electron chi connectivity index (χ1n) is 11.8. The highest BCUT2D eigenvalue weighted by Crippen LogP contribution is 2.32. The van der Waals surface area contributed by atoms with Crippen LogP contribution in [0.4, 0.5) is 0 Å². The number of piperazine rings is 1. The number of primary amides is 1. The van der Waals surface area contributed by atoms with E-state index in [0.717, 1.165) is 25.1 Å². The number of rotatable bonds is 8. The summed E-state index contributed by atoms with van der Waals surface area (Å²) in [6, 6.07) is 15.3. The van der Waals surface area contributed by atoms with Crippen LogP contribution in [0.1, 0.15) is 31.0 Å². The van der Waals surface area contributed by atoms with Crippen molar-refractivity contribution in [3.05, 3.63) is 59.7 Å². The molecule has 3 atom stereocenters. The van der Waals surface area contributed by atoms with Gasteiger partial charge in [-0.3, -0.25) is 14.6 Å². The molecule has 2 aliphatic rings. The van der Waals surface area contributed by atoms with E-state index >= 15 is 0 Å². The quantitative estimate of drug-likeness (QED) is 0.637. The molecule has 1 fully saturated rings. The highest BCUT2D eigenvalue weighted by Gasteiger charge is 2.32. The SMILES string of the molecule is CC(C)Cc1ccc(C(C(N)=O)N2CCN(CC(O)C3COc4ccccc4O3)CC2)cc1. The summed E-state index contributed by atoms with van der Waals surface area (Å²) in [4.78, 5) is 16.7. The van der Waals surface area contributed by atoms with Gasteiger partial charge in [-0.15, -0.1) is 0 Å². The van der Waals surface area contributed by atoms with Crippen LogP contribution in [0, 0.1) is 5.92 Å². The van der Waals surface area contributed by atoms with Crippen LogP contribution in [-0.2, 0) is 11.2 Å². The van der Waals surface area contributed by atoms with Crippen molar-refractivity contribution in [3.63, 3.8) is 0 Å². The average Bonchev–Trinajstić information content (AvgIpc) is 2.80. The molecule has 4 rings (SSSR count). The van der Waals surface area contributed by atoms with Crippen LogP contribution in [0.3, 0.4) is 0 Å². The molecule has 1 saturated heterocycles. The molecular weight excluding hydrogens is 418 g/mol. The van der Waals surface area contributed by atoms with Crippen molar-refractivity contribution < 1.29 is 19.4 Å². The van der Waals surface area contributed by atoms with Crippen LogP contribution in [-0.4, -0.2) is 72.4 Å². The predicted molar refractivity (Wildman–Crippen MR) is 127 cm³/mol. The molecule has 0 bridgehead atoms. The maximum absolute atomic E-state index is 12.3. The van der Waals surface area contributed by atoms with Gasteiger partial charge in [0.2, 0.25) is 5.91 Å². The third-order valence-corrected chi connectivity index (χ3v) is 6.39. The highest BCUT2D eigenvalue weighted by molar-refractivity contribution is 5.81. The summed E-state index contributed by atoms with van der Waals surface area (Å²) >= 11 is 0. The van der Waals surface area contributed by atoms with Crippen molar-refractivity contribution in [1.82, 2.24) is 9.80 Å². The molecule has 0 spiro atoms. The molecular formula is C26H35N3O4. The van der Waals surface area contributed by atoms with Gasteiger partial charge >= 0.3 is 0 Å². The molecule has 3 N–H and O–H groups in total. The van der Waals surface area contributed by atoms with Gasteiger partial charge in [-0.1, -0.05) is 50.2 Å². The second-order valence-electron chi connectivity index (χ2n) is 9.46. The van der Waals surface area contributed by atoms with Gasteiger partial charge in [-0.2, -0.15) is 0 Å². The van der Waals surface area contributed by atoms with E-state index in [9.17, 15) is 9.90 Å². The van der Waals surface area contributed by atoms with Gasteiger partial charge in [0, 0.05) is 32.7 Å². The number of aliphatic hydroxyl groups is 1. The van der Waals surface area contributed by atoms with Crippen molar-refractivity contribution in [2.45, 2.75) is 38.5 Å². The number of amides is 1. The highest BCUT2D eigenvalue weighted by atomic mass is 16.6. The largest absolute Gasteiger partial charge is 0.486 e. The Hall–Kier alpha value is -2.61. The summed E-state index contributed by atoms with van der Waals surface area (Å²) in [7, 11) is 0. The zero-order chi connectivity index (χ0) is 23.4. The number of fused-ring (bicyclic) bond motifs is 1. The number of hydrogen-bond acceptors (Lipinski definition) is 6. The van der Waals surface area contributed by atoms with Crippen molar-refractivity contribution in [3.8, 4) is 11.5 Å². The van der Waals surface area contributed by atoms with Gasteiger partial charge in [-0.05, 0) is 35.6 Å². The van der Waals surface area contributed by atoms with E-state index in [2.05, 4.69) is 35.8 Å². The molecule has 1 amide bonds. The van der Waals surface area contributed by atoms with Crippen LogP contribution in [0.15, 0.2) is 48.5 Å². The van der Waals surface area contributed by atoms with E-state index < -0.39 is 18.2 Å². The number of aliphatic hydroxyl groups excluding tert-OH is 1. The number of ether oxygens (including phenoxy) is 2. The van der Waals surface area contributed by atoms with Crippen LogP contribution < -0.4 is 15.2 Å². The normalized spacial score (nSPS) is 21.0. The van der Waals surface area contributed by atoms with Crippen molar-refractivity contribution in [1.29, 1.82) is 0 Å². The molecule has 2 heterocycles. The van der Waals surface area contributed by atoms with Gasteiger partial charge in [0.15, 0.2) is 17.6 Å². The van der Waals surface area contributed by atoms with Crippen molar-refractivity contribution >= 4 is 5.91 Å². The minimum absolute atomic E-state index is 0.327. The molecule has 2 aromatic carbocycles. The summed E-state index contributed by atoms with van der Waals surface area (Å²) in [6.07, 6.45) is -0.0462. The summed E-state index contributed by atoms with van der Waals surface area (Å²) in [6.45, 7) is 8.13. The fourth-order valence-electron chi connectivity index (χ4n) is 4.67. The maximum atomic E-state index is 12.3. The first-order valence-corrected chi connectivity index (χ1v) is 11.8. The van der Waals surface area contributed by atoms with E-state index in [1.165, 1.54) is 5.56 Å². The molecule has 7 heteroatoms. The molecule has 2 aliphatic heterocycles. The molecule has 178 valence electrons.